The summed E-state index contributed by atoms with van der Waals surface area (Å²) in [5.74, 6) is -2.95. The summed E-state index contributed by atoms with van der Waals surface area (Å²) in [5, 5.41) is 9.84. The van der Waals surface area contributed by atoms with Gasteiger partial charge in [0.15, 0.2) is 12.2 Å². The number of carbonyl (C=O) groups is 4. The predicted octanol–water partition coefficient (Wildman–Crippen LogP) is 1.54. The summed E-state index contributed by atoms with van der Waals surface area (Å²) in [7, 11) is 0. The van der Waals surface area contributed by atoms with Crippen molar-refractivity contribution in [3.63, 3.8) is 0 Å². The maximum atomic E-state index is 11.9. The van der Waals surface area contributed by atoms with Gasteiger partial charge in [-0.2, -0.15) is 0 Å². The molecular formula is C20H24O10. The molecule has 0 aromatic heterocycles. The fourth-order valence-corrected chi connectivity index (χ4v) is 3.05. The molecule has 0 aliphatic carbocycles. The standard InChI is InChI=1S/C20H24O10/c1-5-15(25)29-20-19(28-12(4)23)18(27-11(3)22)17(26-10(2)21)16(30-20)13-7-6-8-14(24)9-13/h6-9,16-20,24H,5H2,1-4H3/t16?,17-,18-,19-,20+/m1/s1. The number of aromatic hydroxyl groups is 1. The number of hydrogen-bond acceptors (Lipinski definition) is 10. The molecule has 1 heterocycles. The average Bonchev–Trinajstić information content (AvgIpc) is 2.64. The third-order valence-electron chi connectivity index (χ3n) is 4.14. The predicted molar refractivity (Wildman–Crippen MR) is 98.8 cm³/mol. The molecular weight excluding hydrogens is 400 g/mol. The lowest BCUT2D eigenvalue weighted by Crippen LogP contribution is -2.59. The molecule has 10 heteroatoms. The Labute approximate surface area is 173 Å². The van der Waals surface area contributed by atoms with E-state index in [1.807, 2.05) is 0 Å². The molecule has 164 valence electrons. The normalized spacial score (nSPS) is 25.7. The summed E-state index contributed by atoms with van der Waals surface area (Å²) in [6, 6.07) is 5.89. The van der Waals surface area contributed by atoms with E-state index < -0.39 is 54.6 Å². The Morgan fingerprint density at radius 1 is 0.900 bits per heavy atom. The summed E-state index contributed by atoms with van der Waals surface area (Å²) < 4.78 is 27.0. The minimum absolute atomic E-state index is 0.00898. The van der Waals surface area contributed by atoms with Gasteiger partial charge in [0.1, 0.15) is 11.9 Å². The number of ether oxygens (including phenoxy) is 5. The lowest BCUT2D eigenvalue weighted by molar-refractivity contribution is -0.298. The minimum atomic E-state index is -1.45. The zero-order valence-electron chi connectivity index (χ0n) is 17.0. The van der Waals surface area contributed by atoms with Crippen LogP contribution in [-0.2, 0) is 42.9 Å². The van der Waals surface area contributed by atoms with Gasteiger partial charge in [-0.05, 0) is 17.7 Å². The molecule has 1 aliphatic rings. The van der Waals surface area contributed by atoms with Crippen molar-refractivity contribution in [2.75, 3.05) is 0 Å². The molecule has 0 radical (unpaired) electrons. The molecule has 10 nitrogen and oxygen atoms in total. The van der Waals surface area contributed by atoms with E-state index in [0.717, 1.165) is 20.8 Å². The molecule has 0 amide bonds. The zero-order valence-corrected chi connectivity index (χ0v) is 17.0. The van der Waals surface area contributed by atoms with Crippen LogP contribution >= 0.6 is 0 Å². The maximum absolute atomic E-state index is 11.9. The molecule has 1 aromatic carbocycles. The number of esters is 4. The highest BCUT2D eigenvalue weighted by molar-refractivity contribution is 5.70. The van der Waals surface area contributed by atoms with Crippen LogP contribution in [0.2, 0.25) is 0 Å². The maximum Gasteiger partial charge on any atom is 0.307 e. The van der Waals surface area contributed by atoms with Gasteiger partial charge in [-0.25, -0.2) is 0 Å². The average molecular weight is 424 g/mol. The summed E-state index contributed by atoms with van der Waals surface area (Å²) >= 11 is 0. The Morgan fingerprint density at radius 3 is 2.00 bits per heavy atom. The van der Waals surface area contributed by atoms with Crippen molar-refractivity contribution in [1.29, 1.82) is 0 Å². The smallest absolute Gasteiger partial charge is 0.307 e. The first kappa shape index (κ1) is 23.1. The first-order chi connectivity index (χ1) is 14.1. The van der Waals surface area contributed by atoms with E-state index >= 15 is 0 Å². The molecule has 1 saturated heterocycles. The van der Waals surface area contributed by atoms with Gasteiger partial charge < -0.3 is 28.8 Å². The van der Waals surface area contributed by atoms with Crippen LogP contribution in [0.1, 0.15) is 45.8 Å². The van der Waals surface area contributed by atoms with Gasteiger partial charge in [-0.15, -0.1) is 0 Å². The molecule has 1 fully saturated rings. The van der Waals surface area contributed by atoms with Gasteiger partial charge in [0, 0.05) is 27.2 Å². The highest BCUT2D eigenvalue weighted by Crippen LogP contribution is 2.38. The molecule has 1 N–H and O–H groups in total. The third kappa shape index (κ3) is 5.93. The van der Waals surface area contributed by atoms with Crippen molar-refractivity contribution in [2.45, 2.75) is 64.8 Å². The fraction of sp³-hybridized carbons (Fsp3) is 0.500. The Kier molecular flexibility index (Phi) is 7.76. The van der Waals surface area contributed by atoms with Gasteiger partial charge >= 0.3 is 23.9 Å². The van der Waals surface area contributed by atoms with E-state index in [4.69, 9.17) is 23.7 Å². The van der Waals surface area contributed by atoms with E-state index in [9.17, 15) is 24.3 Å². The molecule has 5 atom stereocenters. The second-order valence-corrected chi connectivity index (χ2v) is 6.59. The monoisotopic (exact) mass is 424 g/mol. The topological polar surface area (TPSA) is 135 Å². The summed E-state index contributed by atoms with van der Waals surface area (Å²) in [5.41, 5.74) is 0.359. The number of rotatable bonds is 6. The SMILES string of the molecule is CCC(=O)O[C@H]1OC(c2cccc(O)c2)[C@@H](OC(C)=O)[C@@H](OC(C)=O)[C@H]1OC(C)=O. The molecule has 2 rings (SSSR count). The fourth-order valence-electron chi connectivity index (χ4n) is 3.05. The van der Waals surface area contributed by atoms with Gasteiger partial charge in [0.2, 0.25) is 12.4 Å². The molecule has 0 bridgehead atoms. The van der Waals surface area contributed by atoms with Crippen molar-refractivity contribution >= 4 is 23.9 Å². The van der Waals surface area contributed by atoms with Crippen LogP contribution in [0.4, 0.5) is 0 Å². The molecule has 1 unspecified atom stereocenters. The van der Waals surface area contributed by atoms with E-state index in [0.29, 0.717) is 5.56 Å². The highest BCUT2D eigenvalue weighted by atomic mass is 16.7. The van der Waals surface area contributed by atoms with Gasteiger partial charge in [-0.3, -0.25) is 19.2 Å². The quantitative estimate of drug-likeness (QED) is 0.529. The Balaban J connectivity index is 2.56. The minimum Gasteiger partial charge on any atom is -0.508 e. The van der Waals surface area contributed by atoms with Gasteiger partial charge in [-0.1, -0.05) is 19.1 Å². The van der Waals surface area contributed by atoms with E-state index in [-0.39, 0.29) is 12.2 Å². The molecule has 30 heavy (non-hydrogen) atoms. The molecule has 0 saturated carbocycles. The van der Waals surface area contributed by atoms with Crippen molar-refractivity contribution in [2.24, 2.45) is 0 Å². The van der Waals surface area contributed by atoms with E-state index in [1.54, 1.807) is 13.0 Å². The lowest BCUT2D eigenvalue weighted by atomic mass is 9.93. The highest BCUT2D eigenvalue weighted by Gasteiger charge is 2.53. The van der Waals surface area contributed by atoms with Crippen LogP contribution in [0.15, 0.2) is 24.3 Å². The zero-order chi connectivity index (χ0) is 22.4. The van der Waals surface area contributed by atoms with Crippen LogP contribution in [0.3, 0.4) is 0 Å². The molecule has 0 spiro atoms. The second-order valence-electron chi connectivity index (χ2n) is 6.59. The van der Waals surface area contributed by atoms with E-state index in [1.165, 1.54) is 18.2 Å². The first-order valence-corrected chi connectivity index (χ1v) is 9.27. The Hall–Kier alpha value is -3.14. The summed E-state index contributed by atoms with van der Waals surface area (Å²) in [4.78, 5) is 47.1. The lowest BCUT2D eigenvalue weighted by Gasteiger charge is -2.44. The molecule has 1 aliphatic heterocycles. The number of hydrogen-bond donors (Lipinski definition) is 1. The van der Waals surface area contributed by atoms with Crippen molar-refractivity contribution < 1.29 is 48.0 Å². The second kappa shape index (κ2) is 10.1. The van der Waals surface area contributed by atoms with Crippen LogP contribution in [0.5, 0.6) is 5.75 Å². The summed E-state index contributed by atoms with van der Waals surface area (Å²) in [6.45, 7) is 4.95. The van der Waals surface area contributed by atoms with E-state index in [2.05, 4.69) is 0 Å². The van der Waals surface area contributed by atoms with Crippen molar-refractivity contribution in [3.8, 4) is 5.75 Å². The van der Waals surface area contributed by atoms with Crippen LogP contribution in [-0.4, -0.2) is 53.6 Å². The van der Waals surface area contributed by atoms with Crippen LogP contribution in [0.25, 0.3) is 0 Å². The summed E-state index contributed by atoms with van der Waals surface area (Å²) in [6.07, 6.45) is -6.54. The number of phenols is 1. The van der Waals surface area contributed by atoms with Crippen molar-refractivity contribution in [1.82, 2.24) is 0 Å². The number of carbonyl (C=O) groups excluding carboxylic acids is 4. The Bertz CT molecular complexity index is 805. The van der Waals surface area contributed by atoms with Crippen LogP contribution in [0, 0.1) is 0 Å². The van der Waals surface area contributed by atoms with Crippen molar-refractivity contribution in [3.05, 3.63) is 29.8 Å². The Morgan fingerprint density at radius 2 is 1.47 bits per heavy atom. The number of phenolic OH excluding ortho intramolecular Hbond substituents is 1. The third-order valence-corrected chi connectivity index (χ3v) is 4.14. The van der Waals surface area contributed by atoms with Crippen LogP contribution < -0.4 is 0 Å². The van der Waals surface area contributed by atoms with Gasteiger partial charge in [0.05, 0.1) is 0 Å². The first-order valence-electron chi connectivity index (χ1n) is 9.27. The largest absolute Gasteiger partial charge is 0.508 e. The van der Waals surface area contributed by atoms with Gasteiger partial charge in [0.25, 0.3) is 0 Å². The molecule has 1 aromatic rings. The number of benzene rings is 1.